The van der Waals surface area contributed by atoms with Gasteiger partial charge in [-0.25, -0.2) is 4.98 Å². The third kappa shape index (κ3) is 2.56. The van der Waals surface area contributed by atoms with E-state index in [1.165, 1.54) is 42.7 Å². The average Bonchev–Trinajstić information content (AvgIpc) is 2.92. The average molecular weight is 235 g/mol. The number of hydrogen-bond acceptors (Lipinski definition) is 6. The van der Waals surface area contributed by atoms with Gasteiger partial charge < -0.3 is 22.5 Å². The summed E-state index contributed by atoms with van der Waals surface area (Å²) in [6, 6.07) is 1.53. The highest BCUT2D eigenvalue weighted by atomic mass is 15.3. The molecule has 1 aliphatic rings. The molecule has 0 unspecified atom stereocenters. The maximum Gasteiger partial charge on any atom is 0.182 e. The molecule has 1 fully saturated rings. The minimum absolute atomic E-state index is 0.340. The molecule has 0 aromatic carbocycles. The molecule has 1 aliphatic heterocycles. The van der Waals surface area contributed by atoms with Crippen molar-refractivity contribution in [2.75, 3.05) is 30.3 Å². The van der Waals surface area contributed by atoms with Crippen LogP contribution in [0.4, 0.5) is 17.3 Å². The van der Waals surface area contributed by atoms with Gasteiger partial charge in [-0.3, -0.25) is 0 Å². The van der Waals surface area contributed by atoms with Crippen molar-refractivity contribution in [2.45, 2.75) is 12.8 Å². The molecular weight excluding hydrogens is 218 g/mol. The van der Waals surface area contributed by atoms with Crippen molar-refractivity contribution in [3.8, 4) is 0 Å². The molecule has 0 aliphatic carbocycles. The topological polar surface area (TPSA) is 120 Å². The molecule has 0 saturated carbocycles. The van der Waals surface area contributed by atoms with Gasteiger partial charge in [0.05, 0.1) is 11.9 Å². The largest absolute Gasteiger partial charge is 0.394 e. The molecule has 0 amide bonds. The lowest BCUT2D eigenvalue weighted by Crippen LogP contribution is -2.03. The van der Waals surface area contributed by atoms with Crippen molar-refractivity contribution in [3.05, 3.63) is 12.3 Å². The van der Waals surface area contributed by atoms with Crippen molar-refractivity contribution in [3.63, 3.8) is 0 Å². The maximum absolute atomic E-state index is 5.60. The summed E-state index contributed by atoms with van der Waals surface area (Å²) in [6.07, 6.45) is 4.26. The smallest absolute Gasteiger partial charge is 0.182 e. The van der Waals surface area contributed by atoms with Gasteiger partial charge in [-0.15, -0.1) is 0 Å². The van der Waals surface area contributed by atoms with E-state index in [4.69, 9.17) is 17.2 Å². The van der Waals surface area contributed by atoms with Crippen LogP contribution in [0, 0.1) is 0 Å². The minimum Gasteiger partial charge on any atom is -0.394 e. The van der Waals surface area contributed by atoms with Crippen LogP contribution in [0.1, 0.15) is 12.8 Å². The zero-order chi connectivity index (χ0) is 12.3. The summed E-state index contributed by atoms with van der Waals surface area (Å²) in [5, 5.41) is 7.13. The Hall–Kier alpha value is -2.02. The van der Waals surface area contributed by atoms with Gasteiger partial charge in [0.1, 0.15) is 11.6 Å². The number of nitrogen functional groups attached to an aromatic ring is 3. The fraction of sp³-hybridized carbons (Fsp3) is 0.400. The van der Waals surface area contributed by atoms with Gasteiger partial charge in [-0.1, -0.05) is 0 Å². The predicted molar refractivity (Wildman–Crippen MR) is 68.3 cm³/mol. The van der Waals surface area contributed by atoms with Crippen LogP contribution >= 0.6 is 0 Å². The van der Waals surface area contributed by atoms with Gasteiger partial charge in [0, 0.05) is 6.07 Å². The van der Waals surface area contributed by atoms with E-state index >= 15 is 0 Å². The first-order valence-corrected chi connectivity index (χ1v) is 5.54. The number of aromatic nitrogens is 3. The van der Waals surface area contributed by atoms with Gasteiger partial charge in [0.2, 0.25) is 0 Å². The summed E-state index contributed by atoms with van der Waals surface area (Å²) in [5.74, 6) is 0.765. The Bertz CT molecular complexity index is 493. The van der Waals surface area contributed by atoms with Crippen LogP contribution in [-0.4, -0.2) is 27.7 Å². The predicted octanol–water partition coefficient (Wildman–Crippen LogP) is -0.154. The molecule has 3 heterocycles. The molecule has 92 valence electrons. The summed E-state index contributed by atoms with van der Waals surface area (Å²) in [6.45, 7) is 2.50. The number of nitrogens with zero attached hydrogens (tertiary/aromatic N) is 3. The lowest BCUT2D eigenvalue weighted by Gasteiger charge is -1.99. The second kappa shape index (κ2) is 4.88. The Balaban J connectivity index is 0.000000181. The van der Waals surface area contributed by atoms with Gasteiger partial charge in [0.15, 0.2) is 5.65 Å². The van der Waals surface area contributed by atoms with Crippen molar-refractivity contribution >= 4 is 23.0 Å². The molecule has 1 saturated heterocycles. The number of hydrogen-bond donors (Lipinski definition) is 4. The molecule has 2 aromatic heterocycles. The molecule has 0 radical (unpaired) electrons. The van der Waals surface area contributed by atoms with E-state index in [0.717, 1.165) is 0 Å². The summed E-state index contributed by atoms with van der Waals surface area (Å²) < 4.78 is 1.44. The van der Waals surface area contributed by atoms with Crippen LogP contribution in [-0.2, 0) is 0 Å². The minimum atomic E-state index is 0.340. The van der Waals surface area contributed by atoms with Crippen molar-refractivity contribution in [2.24, 2.45) is 0 Å². The molecular formula is C10H17N7. The SMILES string of the molecule is C1CCNC1.Nc1cc(N)n2ncc(N)c2n1. The van der Waals surface area contributed by atoms with Crippen molar-refractivity contribution in [1.82, 2.24) is 19.9 Å². The van der Waals surface area contributed by atoms with Crippen LogP contribution in [0.3, 0.4) is 0 Å². The summed E-state index contributed by atoms with van der Waals surface area (Å²) in [7, 11) is 0. The number of nitrogens with one attached hydrogen (secondary N) is 1. The first kappa shape index (κ1) is 11.5. The van der Waals surface area contributed by atoms with Gasteiger partial charge in [0.25, 0.3) is 0 Å². The van der Waals surface area contributed by atoms with Gasteiger partial charge >= 0.3 is 0 Å². The van der Waals surface area contributed by atoms with Gasteiger partial charge in [-0.05, 0) is 25.9 Å². The highest BCUT2D eigenvalue weighted by Gasteiger charge is 2.04. The van der Waals surface area contributed by atoms with Crippen LogP contribution in [0.15, 0.2) is 12.3 Å². The first-order chi connectivity index (χ1) is 8.18. The van der Waals surface area contributed by atoms with Crippen molar-refractivity contribution < 1.29 is 0 Å². The molecule has 0 spiro atoms. The third-order valence-corrected chi connectivity index (χ3v) is 2.50. The Kier molecular flexibility index (Phi) is 3.29. The fourth-order valence-corrected chi connectivity index (χ4v) is 1.65. The first-order valence-electron chi connectivity index (χ1n) is 5.54. The van der Waals surface area contributed by atoms with E-state index < -0.39 is 0 Å². The standard InChI is InChI=1S/C6H8N6.C4H9N/c7-3-2-10-12-5(9)1-4(8)11-6(3)12;1-2-4-5-3-1/h1-2H,7,9H2,(H2,8,11);5H,1-4H2. The van der Waals surface area contributed by atoms with E-state index in [2.05, 4.69) is 15.4 Å². The quantitative estimate of drug-likeness (QED) is 0.504. The van der Waals surface area contributed by atoms with E-state index in [0.29, 0.717) is 23.0 Å². The second-order valence-corrected chi connectivity index (χ2v) is 3.90. The van der Waals surface area contributed by atoms with Crippen LogP contribution in [0.2, 0.25) is 0 Å². The van der Waals surface area contributed by atoms with Crippen LogP contribution < -0.4 is 22.5 Å². The fourth-order valence-electron chi connectivity index (χ4n) is 1.65. The molecule has 7 N–H and O–H groups in total. The van der Waals surface area contributed by atoms with E-state index in [9.17, 15) is 0 Å². The lowest BCUT2D eigenvalue weighted by molar-refractivity contribution is 0.857. The summed E-state index contributed by atoms with van der Waals surface area (Å²) in [4.78, 5) is 3.97. The highest BCUT2D eigenvalue weighted by Crippen LogP contribution is 2.15. The summed E-state index contributed by atoms with van der Waals surface area (Å²) >= 11 is 0. The Morgan fingerprint density at radius 2 is 1.88 bits per heavy atom. The van der Waals surface area contributed by atoms with E-state index in [1.807, 2.05) is 0 Å². The maximum atomic E-state index is 5.60. The zero-order valence-corrected chi connectivity index (χ0v) is 9.56. The van der Waals surface area contributed by atoms with Crippen molar-refractivity contribution in [1.29, 1.82) is 0 Å². The van der Waals surface area contributed by atoms with Crippen LogP contribution in [0.5, 0.6) is 0 Å². The van der Waals surface area contributed by atoms with Gasteiger partial charge in [-0.2, -0.15) is 9.61 Å². The molecule has 7 heteroatoms. The molecule has 7 nitrogen and oxygen atoms in total. The highest BCUT2D eigenvalue weighted by molar-refractivity contribution is 5.67. The summed E-state index contributed by atoms with van der Waals surface area (Å²) in [5.41, 5.74) is 17.6. The molecule has 0 atom stereocenters. The van der Waals surface area contributed by atoms with E-state index in [1.54, 1.807) is 0 Å². The van der Waals surface area contributed by atoms with Crippen LogP contribution in [0.25, 0.3) is 5.65 Å². The molecule has 0 bridgehead atoms. The Morgan fingerprint density at radius 3 is 2.47 bits per heavy atom. The number of anilines is 3. The Labute approximate surface area is 99.0 Å². The normalized spacial score (nSPS) is 14.6. The number of rotatable bonds is 0. The Morgan fingerprint density at radius 1 is 1.18 bits per heavy atom. The number of nitrogens with two attached hydrogens (primary N) is 3. The third-order valence-electron chi connectivity index (χ3n) is 2.50. The second-order valence-electron chi connectivity index (χ2n) is 3.90. The zero-order valence-electron chi connectivity index (χ0n) is 9.56. The molecule has 3 rings (SSSR count). The monoisotopic (exact) mass is 235 g/mol. The molecule has 17 heavy (non-hydrogen) atoms. The lowest BCUT2D eigenvalue weighted by atomic mass is 10.4. The van der Waals surface area contributed by atoms with E-state index in [-0.39, 0.29) is 0 Å². The molecule has 2 aromatic rings. The number of fused-ring (bicyclic) bond motifs is 1.